The molecule has 1 aromatic carbocycles. The molecule has 1 aliphatic heterocycles. The summed E-state index contributed by atoms with van der Waals surface area (Å²) in [6, 6.07) is 6.60. The highest BCUT2D eigenvalue weighted by molar-refractivity contribution is 5.87. The van der Waals surface area contributed by atoms with Crippen molar-refractivity contribution in [2.45, 2.75) is 57.8 Å². The van der Waals surface area contributed by atoms with Gasteiger partial charge >= 0.3 is 0 Å². The first-order chi connectivity index (χ1) is 14.8. The molecule has 1 amide bonds. The van der Waals surface area contributed by atoms with Crippen LogP contribution in [-0.4, -0.2) is 55.2 Å². The first-order valence-electron chi connectivity index (χ1n) is 11.9. The molecule has 164 valence electrons. The number of hydrogen-bond acceptors (Lipinski definition) is 3. The molecule has 4 rings (SSSR count). The van der Waals surface area contributed by atoms with E-state index in [0.717, 1.165) is 45.8 Å². The molecular weight excluding hydrogens is 374 g/mol. The summed E-state index contributed by atoms with van der Waals surface area (Å²) in [4.78, 5) is 18.8. The van der Waals surface area contributed by atoms with Gasteiger partial charge in [-0.05, 0) is 42.2 Å². The fourth-order valence-electron chi connectivity index (χ4n) is 5.36. The topological polar surface area (TPSA) is 57.4 Å². The zero-order valence-electron chi connectivity index (χ0n) is 18.4. The van der Waals surface area contributed by atoms with Crippen molar-refractivity contribution in [3.63, 3.8) is 0 Å². The summed E-state index contributed by atoms with van der Waals surface area (Å²) >= 11 is 0. The Labute approximate surface area is 180 Å². The second-order valence-corrected chi connectivity index (χ2v) is 8.95. The largest absolute Gasteiger partial charge is 0.379 e. The van der Waals surface area contributed by atoms with Crippen molar-refractivity contribution in [1.82, 2.24) is 15.2 Å². The van der Waals surface area contributed by atoms with E-state index >= 15 is 0 Å². The number of aromatic nitrogens is 1. The van der Waals surface area contributed by atoms with Crippen LogP contribution in [0.25, 0.3) is 10.9 Å². The Hall–Kier alpha value is -1.85. The maximum Gasteiger partial charge on any atom is 0.220 e. The summed E-state index contributed by atoms with van der Waals surface area (Å²) in [5.41, 5.74) is 3.95. The Kier molecular flexibility index (Phi) is 7.45. The van der Waals surface area contributed by atoms with Crippen LogP contribution in [0, 0.1) is 5.92 Å². The van der Waals surface area contributed by atoms with Gasteiger partial charge in [-0.3, -0.25) is 9.69 Å². The lowest BCUT2D eigenvalue weighted by atomic mass is 9.75. The third-order valence-corrected chi connectivity index (χ3v) is 7.09. The van der Waals surface area contributed by atoms with Gasteiger partial charge in [0.1, 0.15) is 0 Å². The van der Waals surface area contributed by atoms with Crippen molar-refractivity contribution in [3.05, 3.63) is 35.5 Å². The molecule has 0 bridgehead atoms. The number of morpholine rings is 1. The lowest BCUT2D eigenvalue weighted by molar-refractivity contribution is -0.121. The van der Waals surface area contributed by atoms with Gasteiger partial charge in [-0.15, -0.1) is 0 Å². The molecule has 2 heterocycles. The number of rotatable bonds is 8. The van der Waals surface area contributed by atoms with Crippen LogP contribution >= 0.6 is 0 Å². The van der Waals surface area contributed by atoms with E-state index in [0.29, 0.717) is 18.3 Å². The van der Waals surface area contributed by atoms with E-state index in [1.807, 2.05) is 0 Å². The van der Waals surface area contributed by atoms with Gasteiger partial charge in [-0.2, -0.15) is 0 Å². The second kappa shape index (κ2) is 10.5. The highest BCUT2D eigenvalue weighted by Crippen LogP contribution is 2.41. The van der Waals surface area contributed by atoms with Gasteiger partial charge in [-0.25, -0.2) is 0 Å². The number of carbonyl (C=O) groups is 1. The number of nitrogens with zero attached hydrogens (tertiary/aromatic N) is 1. The quantitative estimate of drug-likeness (QED) is 0.683. The molecule has 0 spiro atoms. The minimum Gasteiger partial charge on any atom is -0.379 e. The van der Waals surface area contributed by atoms with Crippen LogP contribution in [0.2, 0.25) is 0 Å². The van der Waals surface area contributed by atoms with Crippen molar-refractivity contribution in [1.29, 1.82) is 0 Å². The molecule has 30 heavy (non-hydrogen) atoms. The average molecular weight is 412 g/mol. The highest BCUT2D eigenvalue weighted by Gasteiger charge is 2.29. The second-order valence-electron chi connectivity index (χ2n) is 8.95. The molecule has 5 heteroatoms. The lowest BCUT2D eigenvalue weighted by Gasteiger charge is -2.30. The molecule has 1 aromatic heterocycles. The van der Waals surface area contributed by atoms with E-state index in [1.54, 1.807) is 0 Å². The van der Waals surface area contributed by atoms with Crippen LogP contribution in [-0.2, 0) is 16.0 Å². The smallest absolute Gasteiger partial charge is 0.220 e. The van der Waals surface area contributed by atoms with Gasteiger partial charge in [0.15, 0.2) is 0 Å². The maximum atomic E-state index is 12.9. The number of carbonyl (C=O) groups excluding carboxylic acids is 1. The van der Waals surface area contributed by atoms with E-state index in [4.69, 9.17) is 4.74 Å². The zero-order valence-corrected chi connectivity index (χ0v) is 18.4. The first kappa shape index (κ1) is 21.4. The molecular formula is C25H37N3O2. The minimum absolute atomic E-state index is 0.194. The van der Waals surface area contributed by atoms with Crippen LogP contribution in [0.15, 0.2) is 24.4 Å². The van der Waals surface area contributed by atoms with Crippen LogP contribution in [0.4, 0.5) is 0 Å². The Morgan fingerprint density at radius 3 is 2.80 bits per heavy atom. The average Bonchev–Trinajstić information content (AvgIpc) is 3.23. The fraction of sp³-hybridized carbons (Fsp3) is 0.640. The monoisotopic (exact) mass is 411 g/mol. The third kappa shape index (κ3) is 5.06. The summed E-state index contributed by atoms with van der Waals surface area (Å²) in [7, 11) is 0. The number of aryl methyl sites for hydroxylation is 1. The number of para-hydroxylation sites is 1. The van der Waals surface area contributed by atoms with Gasteiger partial charge in [-0.1, -0.05) is 44.4 Å². The van der Waals surface area contributed by atoms with Crippen LogP contribution < -0.4 is 5.32 Å². The predicted octanol–water partition coefficient (Wildman–Crippen LogP) is 4.23. The number of amides is 1. The summed E-state index contributed by atoms with van der Waals surface area (Å²) in [6.07, 6.45) is 10.2. The molecule has 2 fully saturated rings. The maximum absolute atomic E-state index is 12.9. The van der Waals surface area contributed by atoms with E-state index < -0.39 is 0 Å². The Bertz CT molecular complexity index is 819. The number of aromatic amines is 1. The molecule has 2 N–H and O–H groups in total. The molecule has 1 saturated heterocycles. The summed E-state index contributed by atoms with van der Waals surface area (Å²) < 4.78 is 5.41. The summed E-state index contributed by atoms with van der Waals surface area (Å²) in [5.74, 6) is 1.10. The fourth-order valence-corrected chi connectivity index (χ4v) is 5.36. The lowest BCUT2D eigenvalue weighted by Crippen LogP contribution is -2.41. The number of hydrogen-bond donors (Lipinski definition) is 2. The summed E-state index contributed by atoms with van der Waals surface area (Å²) in [5, 5.41) is 4.51. The van der Waals surface area contributed by atoms with Crippen molar-refractivity contribution < 1.29 is 9.53 Å². The predicted molar refractivity (Wildman–Crippen MR) is 122 cm³/mol. The van der Waals surface area contributed by atoms with Crippen LogP contribution in [0.1, 0.15) is 62.5 Å². The zero-order chi connectivity index (χ0) is 20.8. The van der Waals surface area contributed by atoms with Gasteiger partial charge in [0.05, 0.1) is 13.2 Å². The Morgan fingerprint density at radius 1 is 1.23 bits per heavy atom. The van der Waals surface area contributed by atoms with Crippen LogP contribution in [0.3, 0.4) is 0 Å². The van der Waals surface area contributed by atoms with Gasteiger partial charge in [0, 0.05) is 49.7 Å². The Balaban J connectivity index is 1.45. The van der Waals surface area contributed by atoms with Crippen molar-refractivity contribution >= 4 is 16.8 Å². The van der Waals surface area contributed by atoms with Crippen LogP contribution in [0.5, 0.6) is 0 Å². The third-order valence-electron chi connectivity index (χ3n) is 7.09. The first-order valence-corrected chi connectivity index (χ1v) is 11.9. The van der Waals surface area contributed by atoms with Crippen molar-refractivity contribution in [2.24, 2.45) is 5.92 Å². The summed E-state index contributed by atoms with van der Waals surface area (Å²) in [6.45, 7) is 7.39. The highest BCUT2D eigenvalue weighted by atomic mass is 16.5. The van der Waals surface area contributed by atoms with Gasteiger partial charge in [0.25, 0.3) is 0 Å². The molecule has 2 aromatic rings. The number of benzene rings is 1. The number of fused-ring (bicyclic) bond motifs is 1. The standard InChI is InChI=1S/C25H37N3O2/c1-2-19-9-6-10-21-23(18-27-25(19)21)22(20-7-4-3-5-8-20)17-24(29)26-11-12-28-13-15-30-16-14-28/h6,9-10,18,20,22,27H,2-5,7-8,11-17H2,1H3,(H,26,29)/t22-/m1/s1. The number of ether oxygens (including phenoxy) is 1. The minimum atomic E-state index is 0.194. The molecule has 1 aliphatic carbocycles. The van der Waals surface area contributed by atoms with Crippen molar-refractivity contribution in [3.8, 4) is 0 Å². The molecule has 5 nitrogen and oxygen atoms in total. The van der Waals surface area contributed by atoms with E-state index in [1.165, 1.54) is 54.1 Å². The Morgan fingerprint density at radius 2 is 2.03 bits per heavy atom. The van der Waals surface area contributed by atoms with Crippen molar-refractivity contribution in [2.75, 3.05) is 39.4 Å². The van der Waals surface area contributed by atoms with Gasteiger partial charge < -0.3 is 15.0 Å². The van der Waals surface area contributed by atoms with Gasteiger partial charge in [0.2, 0.25) is 5.91 Å². The van der Waals surface area contributed by atoms with E-state index in [2.05, 4.69) is 46.5 Å². The van der Waals surface area contributed by atoms with E-state index in [-0.39, 0.29) is 5.91 Å². The molecule has 0 radical (unpaired) electrons. The van der Waals surface area contributed by atoms with E-state index in [9.17, 15) is 4.79 Å². The SMILES string of the molecule is CCc1cccc2c([C@H](CC(=O)NCCN3CCOCC3)C3CCCCC3)c[nH]c12. The molecule has 2 aliphatic rings. The number of H-pyrrole nitrogens is 1. The molecule has 1 atom stereocenters. The normalized spacial score (nSPS) is 19.8. The molecule has 1 saturated carbocycles. The molecule has 0 unspecified atom stereocenters. The number of nitrogens with one attached hydrogen (secondary N) is 2.